The lowest BCUT2D eigenvalue weighted by Crippen LogP contribution is -2.06. The zero-order valence-corrected chi connectivity index (χ0v) is 8.78. The minimum absolute atomic E-state index is 0.209. The molecule has 2 rings (SSSR count). The van der Waals surface area contributed by atoms with E-state index in [2.05, 4.69) is 4.98 Å². The van der Waals surface area contributed by atoms with Gasteiger partial charge in [-0.2, -0.15) is 18.2 Å². The number of oxazole rings is 1. The lowest BCUT2D eigenvalue weighted by atomic mass is 10.2. The highest BCUT2D eigenvalue weighted by Crippen LogP contribution is 2.37. The Labute approximate surface area is 94.8 Å². The first kappa shape index (κ1) is 11.5. The molecule has 0 spiro atoms. The Morgan fingerprint density at radius 3 is 2.53 bits per heavy atom. The van der Waals surface area contributed by atoms with Crippen molar-refractivity contribution < 1.29 is 22.3 Å². The topological polar surface area (TPSA) is 35.3 Å². The fourth-order valence-corrected chi connectivity index (χ4v) is 1.27. The summed E-state index contributed by atoms with van der Waals surface area (Å²) in [5.74, 6) is 0.131. The Bertz CT molecular complexity index is 519. The normalized spacial score (nSPS) is 11.5. The third-order valence-electron chi connectivity index (χ3n) is 1.99. The highest BCUT2D eigenvalue weighted by molar-refractivity contribution is 5.36. The monoisotopic (exact) mass is 243 g/mol. The van der Waals surface area contributed by atoms with Crippen LogP contribution in [0.5, 0.6) is 11.8 Å². The molecule has 3 nitrogen and oxygen atoms in total. The summed E-state index contributed by atoms with van der Waals surface area (Å²) in [4.78, 5) is 3.68. The van der Waals surface area contributed by atoms with Crippen LogP contribution in [0.15, 0.2) is 34.9 Å². The SMILES string of the molecule is Cc1cnc(Oc2ccccc2C(F)(F)F)o1. The molecule has 2 aromatic rings. The fourth-order valence-electron chi connectivity index (χ4n) is 1.27. The highest BCUT2D eigenvalue weighted by atomic mass is 19.4. The van der Waals surface area contributed by atoms with Crippen LogP contribution in [0, 0.1) is 6.92 Å². The van der Waals surface area contributed by atoms with Gasteiger partial charge in [-0.05, 0) is 19.1 Å². The van der Waals surface area contributed by atoms with Crippen LogP contribution in [-0.4, -0.2) is 4.98 Å². The number of ether oxygens (including phenoxy) is 1. The number of hydrogen-bond donors (Lipinski definition) is 0. The van der Waals surface area contributed by atoms with Gasteiger partial charge in [-0.15, -0.1) is 0 Å². The second-order valence-corrected chi connectivity index (χ2v) is 3.33. The Hall–Kier alpha value is -1.98. The Balaban J connectivity index is 2.33. The molecule has 0 saturated heterocycles. The molecule has 0 atom stereocenters. The van der Waals surface area contributed by atoms with Gasteiger partial charge in [0.2, 0.25) is 0 Å². The lowest BCUT2D eigenvalue weighted by Gasteiger charge is -2.10. The van der Waals surface area contributed by atoms with E-state index in [1.807, 2.05) is 0 Å². The van der Waals surface area contributed by atoms with Crippen LogP contribution in [0.4, 0.5) is 13.2 Å². The van der Waals surface area contributed by atoms with Crippen LogP contribution in [0.1, 0.15) is 11.3 Å². The quantitative estimate of drug-likeness (QED) is 0.804. The van der Waals surface area contributed by atoms with Crippen molar-refractivity contribution in [2.75, 3.05) is 0 Å². The molecule has 0 aliphatic rings. The molecular formula is C11H8F3NO2. The second-order valence-electron chi connectivity index (χ2n) is 3.33. The van der Waals surface area contributed by atoms with Crippen LogP contribution in [0.2, 0.25) is 0 Å². The van der Waals surface area contributed by atoms with Crippen molar-refractivity contribution in [1.82, 2.24) is 4.98 Å². The van der Waals surface area contributed by atoms with Crippen molar-refractivity contribution >= 4 is 0 Å². The third-order valence-corrected chi connectivity index (χ3v) is 1.99. The Morgan fingerprint density at radius 1 is 1.24 bits per heavy atom. The summed E-state index contributed by atoms with van der Waals surface area (Å²) in [6.45, 7) is 1.62. The van der Waals surface area contributed by atoms with Gasteiger partial charge in [-0.1, -0.05) is 12.1 Å². The molecule has 1 heterocycles. The number of rotatable bonds is 2. The number of aryl methyl sites for hydroxylation is 1. The van der Waals surface area contributed by atoms with Crippen molar-refractivity contribution in [2.24, 2.45) is 0 Å². The average Bonchev–Trinajstić information content (AvgIpc) is 2.63. The molecule has 0 aliphatic carbocycles. The van der Waals surface area contributed by atoms with Gasteiger partial charge in [0, 0.05) is 0 Å². The molecule has 0 radical (unpaired) electrons. The van der Waals surface area contributed by atoms with Crippen molar-refractivity contribution in [3.05, 3.63) is 41.8 Å². The van der Waals surface area contributed by atoms with Gasteiger partial charge in [0.15, 0.2) is 0 Å². The van der Waals surface area contributed by atoms with Crippen molar-refractivity contribution in [3.63, 3.8) is 0 Å². The maximum atomic E-state index is 12.6. The summed E-state index contributed by atoms with van der Waals surface area (Å²) in [6, 6.07) is 4.88. The van der Waals surface area contributed by atoms with E-state index in [0.717, 1.165) is 6.07 Å². The maximum absolute atomic E-state index is 12.6. The predicted octanol–water partition coefficient (Wildman–Crippen LogP) is 3.79. The zero-order valence-electron chi connectivity index (χ0n) is 8.78. The summed E-state index contributed by atoms with van der Waals surface area (Å²) in [5, 5.41) is 0. The number of nitrogens with zero attached hydrogens (tertiary/aromatic N) is 1. The first-order valence-corrected chi connectivity index (χ1v) is 4.73. The lowest BCUT2D eigenvalue weighted by molar-refractivity contribution is -0.138. The van der Waals surface area contributed by atoms with E-state index in [9.17, 15) is 13.2 Å². The van der Waals surface area contributed by atoms with E-state index in [-0.39, 0.29) is 11.8 Å². The van der Waals surface area contributed by atoms with Crippen molar-refractivity contribution in [3.8, 4) is 11.8 Å². The molecule has 0 unspecified atom stereocenters. The molecule has 0 N–H and O–H groups in total. The largest absolute Gasteiger partial charge is 0.419 e. The maximum Gasteiger partial charge on any atom is 0.419 e. The summed E-state index contributed by atoms with van der Waals surface area (Å²) >= 11 is 0. The van der Waals surface area contributed by atoms with Gasteiger partial charge in [0.25, 0.3) is 0 Å². The predicted molar refractivity (Wildman–Crippen MR) is 52.8 cm³/mol. The van der Waals surface area contributed by atoms with Gasteiger partial charge in [0.05, 0.1) is 11.8 Å². The molecule has 17 heavy (non-hydrogen) atoms. The molecular weight excluding hydrogens is 235 g/mol. The average molecular weight is 243 g/mol. The van der Waals surface area contributed by atoms with Crippen LogP contribution in [-0.2, 0) is 6.18 Å². The van der Waals surface area contributed by atoms with Crippen LogP contribution < -0.4 is 4.74 Å². The fraction of sp³-hybridized carbons (Fsp3) is 0.182. The van der Waals surface area contributed by atoms with Crippen LogP contribution in [0.25, 0.3) is 0 Å². The van der Waals surface area contributed by atoms with Crippen LogP contribution in [0.3, 0.4) is 0 Å². The zero-order chi connectivity index (χ0) is 12.5. The summed E-state index contributed by atoms with van der Waals surface area (Å²) in [5.41, 5.74) is -0.865. The van der Waals surface area contributed by atoms with E-state index in [1.165, 1.54) is 24.4 Å². The highest BCUT2D eigenvalue weighted by Gasteiger charge is 2.34. The smallest absolute Gasteiger partial charge is 0.414 e. The molecule has 1 aromatic carbocycles. The third kappa shape index (κ3) is 2.58. The van der Waals surface area contributed by atoms with E-state index in [1.54, 1.807) is 6.92 Å². The van der Waals surface area contributed by atoms with E-state index >= 15 is 0 Å². The van der Waals surface area contributed by atoms with Crippen molar-refractivity contribution in [1.29, 1.82) is 0 Å². The molecule has 0 bridgehead atoms. The Kier molecular flexibility index (Phi) is 2.79. The standard InChI is InChI=1S/C11H8F3NO2/c1-7-6-15-10(16-7)17-9-5-3-2-4-8(9)11(12,13)14/h2-6H,1H3. The minimum Gasteiger partial charge on any atom is -0.414 e. The van der Waals surface area contributed by atoms with Gasteiger partial charge in [-0.3, -0.25) is 0 Å². The van der Waals surface area contributed by atoms with Crippen LogP contribution >= 0.6 is 0 Å². The Morgan fingerprint density at radius 2 is 1.94 bits per heavy atom. The summed E-state index contributed by atoms with van der Waals surface area (Å²) < 4.78 is 47.8. The van der Waals surface area contributed by atoms with Gasteiger partial charge in [0.1, 0.15) is 11.5 Å². The number of benzene rings is 1. The summed E-state index contributed by atoms with van der Waals surface area (Å²) in [6.07, 6.45) is -3.32. The molecule has 1 aromatic heterocycles. The molecule has 90 valence electrons. The van der Waals surface area contributed by atoms with E-state index < -0.39 is 11.7 Å². The number of aromatic nitrogens is 1. The molecule has 0 amide bonds. The first-order valence-electron chi connectivity index (χ1n) is 4.73. The van der Waals surface area contributed by atoms with Crippen molar-refractivity contribution in [2.45, 2.75) is 13.1 Å². The first-order chi connectivity index (χ1) is 7.97. The minimum atomic E-state index is -4.47. The summed E-state index contributed by atoms with van der Waals surface area (Å²) in [7, 11) is 0. The second kappa shape index (κ2) is 4.12. The van der Waals surface area contributed by atoms with E-state index in [4.69, 9.17) is 9.15 Å². The molecule has 0 aliphatic heterocycles. The molecule has 6 heteroatoms. The molecule has 0 saturated carbocycles. The van der Waals surface area contributed by atoms with Gasteiger partial charge >= 0.3 is 12.3 Å². The van der Waals surface area contributed by atoms with E-state index in [0.29, 0.717) is 5.76 Å². The number of para-hydroxylation sites is 1. The van der Waals surface area contributed by atoms with Gasteiger partial charge < -0.3 is 9.15 Å². The number of alkyl halides is 3. The number of halogens is 3. The number of hydrogen-bond acceptors (Lipinski definition) is 3. The van der Waals surface area contributed by atoms with Gasteiger partial charge in [-0.25, -0.2) is 0 Å². The molecule has 0 fully saturated rings.